The summed E-state index contributed by atoms with van der Waals surface area (Å²) in [5.41, 5.74) is 20.9. The van der Waals surface area contributed by atoms with Gasteiger partial charge in [0.1, 0.15) is 0 Å². The maximum atomic E-state index is 2.50. The predicted molar refractivity (Wildman–Crippen MR) is 280 cm³/mol. The first kappa shape index (κ1) is 38.7. The molecule has 10 aromatic carbocycles. The number of anilines is 3. The van der Waals surface area contributed by atoms with Crippen LogP contribution in [-0.2, 0) is 10.8 Å². The van der Waals surface area contributed by atoms with Gasteiger partial charge in [-0.3, -0.25) is 0 Å². The third kappa shape index (κ3) is 5.71. The van der Waals surface area contributed by atoms with Crippen LogP contribution in [0.1, 0.15) is 47.2 Å². The summed E-state index contributed by atoms with van der Waals surface area (Å²) >= 11 is 1.90. The van der Waals surface area contributed by atoms with E-state index in [0.29, 0.717) is 0 Å². The number of hydrogen-bond acceptors (Lipinski definition) is 2. The molecule has 13 rings (SSSR count). The molecule has 0 amide bonds. The van der Waals surface area contributed by atoms with E-state index in [1.165, 1.54) is 98.1 Å². The first-order valence-electron chi connectivity index (χ1n) is 23.0. The van der Waals surface area contributed by atoms with E-state index in [2.05, 4.69) is 255 Å². The summed E-state index contributed by atoms with van der Waals surface area (Å²) in [7, 11) is 0. The van der Waals surface area contributed by atoms with Crippen molar-refractivity contribution in [3.63, 3.8) is 0 Å². The number of fused-ring (bicyclic) bond motifs is 9. The van der Waals surface area contributed by atoms with E-state index < -0.39 is 5.41 Å². The third-order valence-corrected chi connectivity index (χ3v) is 15.8. The molecule has 2 aliphatic rings. The zero-order valence-electron chi connectivity index (χ0n) is 36.9. The number of rotatable bonds is 7. The van der Waals surface area contributed by atoms with Crippen LogP contribution in [0.25, 0.3) is 64.7 Å². The van der Waals surface area contributed by atoms with Crippen molar-refractivity contribution in [2.75, 3.05) is 4.90 Å². The second-order valence-electron chi connectivity index (χ2n) is 18.4. The molecule has 0 atom stereocenters. The third-order valence-electron chi connectivity index (χ3n) is 14.5. The van der Waals surface area contributed by atoms with Crippen LogP contribution >= 0.6 is 11.3 Å². The van der Waals surface area contributed by atoms with Crippen LogP contribution in [0.3, 0.4) is 0 Å². The summed E-state index contributed by atoms with van der Waals surface area (Å²) < 4.78 is 2.60. The molecular weight excluding hydrogens is 815 g/mol. The zero-order valence-corrected chi connectivity index (χ0v) is 37.7. The topological polar surface area (TPSA) is 3.24 Å². The Morgan fingerprint density at radius 1 is 0.333 bits per heavy atom. The van der Waals surface area contributed by atoms with Gasteiger partial charge in [0.25, 0.3) is 0 Å². The first-order chi connectivity index (χ1) is 32.5. The van der Waals surface area contributed by atoms with Crippen LogP contribution in [0, 0.1) is 0 Å². The quantitative estimate of drug-likeness (QED) is 0.154. The van der Waals surface area contributed by atoms with Gasteiger partial charge in [0.05, 0.1) is 5.41 Å². The lowest BCUT2D eigenvalue weighted by Crippen LogP contribution is -2.28. The second-order valence-corrected chi connectivity index (χ2v) is 19.5. The Hall–Kier alpha value is -7.78. The lowest BCUT2D eigenvalue weighted by Gasteiger charge is -2.34. The van der Waals surface area contributed by atoms with Crippen molar-refractivity contribution in [2.45, 2.75) is 24.7 Å². The van der Waals surface area contributed by atoms with E-state index in [1.807, 2.05) is 11.3 Å². The van der Waals surface area contributed by atoms with Crippen LogP contribution in [-0.4, -0.2) is 0 Å². The van der Waals surface area contributed by atoms with Crippen molar-refractivity contribution in [3.05, 3.63) is 270 Å². The summed E-state index contributed by atoms with van der Waals surface area (Å²) in [5, 5.41) is 2.58. The molecule has 0 radical (unpaired) electrons. The summed E-state index contributed by atoms with van der Waals surface area (Å²) in [6, 6.07) is 88.2. The fourth-order valence-corrected chi connectivity index (χ4v) is 12.7. The SMILES string of the molecule is CC1(C)c2ccccc2-c2ccc(N(c3cccc(-c4ccccc4)c3)c3cccc(-c4cccc5c4sc4ccc(C6(c7ccccc7)c7ccccc7-c7ccccc76)cc45)c3)cc21. The molecule has 0 spiro atoms. The summed E-state index contributed by atoms with van der Waals surface area (Å²) in [6.07, 6.45) is 0. The van der Waals surface area contributed by atoms with Crippen LogP contribution in [0.4, 0.5) is 17.1 Å². The molecule has 0 unspecified atom stereocenters. The fraction of sp³-hybridized carbons (Fsp3) is 0.0625. The Morgan fingerprint density at radius 3 is 1.58 bits per heavy atom. The lowest BCUT2D eigenvalue weighted by molar-refractivity contribution is 0.660. The van der Waals surface area contributed by atoms with Gasteiger partial charge in [0.2, 0.25) is 0 Å². The largest absolute Gasteiger partial charge is 0.310 e. The van der Waals surface area contributed by atoms with E-state index in [9.17, 15) is 0 Å². The van der Waals surface area contributed by atoms with Crippen molar-refractivity contribution in [1.82, 2.24) is 0 Å². The highest BCUT2D eigenvalue weighted by atomic mass is 32.1. The Balaban J connectivity index is 0.971. The summed E-state index contributed by atoms with van der Waals surface area (Å²) in [4.78, 5) is 2.45. The Kier molecular flexibility index (Phi) is 8.72. The van der Waals surface area contributed by atoms with Gasteiger partial charge in [-0.15, -0.1) is 11.3 Å². The van der Waals surface area contributed by atoms with Gasteiger partial charge in [-0.05, 0) is 126 Å². The van der Waals surface area contributed by atoms with E-state index in [4.69, 9.17) is 0 Å². The molecule has 1 aromatic heterocycles. The minimum absolute atomic E-state index is 0.122. The van der Waals surface area contributed by atoms with Gasteiger partial charge in [-0.1, -0.05) is 202 Å². The van der Waals surface area contributed by atoms with Crippen molar-refractivity contribution >= 4 is 48.6 Å². The first-order valence-corrected chi connectivity index (χ1v) is 23.8. The maximum Gasteiger partial charge on any atom is 0.0713 e. The molecule has 0 N–H and O–H groups in total. The van der Waals surface area contributed by atoms with Gasteiger partial charge in [-0.2, -0.15) is 0 Å². The maximum absolute atomic E-state index is 2.50. The van der Waals surface area contributed by atoms with E-state index in [1.54, 1.807) is 0 Å². The van der Waals surface area contributed by atoms with Gasteiger partial charge in [-0.25, -0.2) is 0 Å². The second kappa shape index (κ2) is 14.9. The van der Waals surface area contributed by atoms with Crippen molar-refractivity contribution in [3.8, 4) is 44.5 Å². The van der Waals surface area contributed by atoms with E-state index >= 15 is 0 Å². The average molecular weight is 860 g/mol. The van der Waals surface area contributed by atoms with Crippen LogP contribution in [0.2, 0.25) is 0 Å². The van der Waals surface area contributed by atoms with Crippen LogP contribution in [0.15, 0.2) is 237 Å². The highest BCUT2D eigenvalue weighted by Crippen LogP contribution is 2.57. The monoisotopic (exact) mass is 859 g/mol. The Labute approximate surface area is 390 Å². The van der Waals surface area contributed by atoms with E-state index in [-0.39, 0.29) is 5.41 Å². The zero-order chi connectivity index (χ0) is 44.0. The van der Waals surface area contributed by atoms with Crippen molar-refractivity contribution < 1.29 is 0 Å². The molecule has 0 bridgehead atoms. The normalized spacial score (nSPS) is 13.8. The van der Waals surface area contributed by atoms with Gasteiger partial charge in [0, 0.05) is 42.6 Å². The lowest BCUT2D eigenvalue weighted by atomic mass is 9.67. The molecule has 0 saturated heterocycles. The van der Waals surface area contributed by atoms with Crippen molar-refractivity contribution in [2.24, 2.45) is 0 Å². The summed E-state index contributed by atoms with van der Waals surface area (Å²) in [5.74, 6) is 0. The highest BCUT2D eigenvalue weighted by Gasteiger charge is 2.46. The molecule has 1 nitrogen and oxygen atoms in total. The highest BCUT2D eigenvalue weighted by molar-refractivity contribution is 7.26. The molecule has 2 aliphatic carbocycles. The van der Waals surface area contributed by atoms with E-state index in [0.717, 1.165) is 17.1 Å². The number of hydrogen-bond donors (Lipinski definition) is 0. The number of thiophene rings is 1. The minimum Gasteiger partial charge on any atom is -0.310 e. The Morgan fingerprint density at radius 2 is 0.864 bits per heavy atom. The molecule has 0 saturated carbocycles. The van der Waals surface area contributed by atoms with Crippen molar-refractivity contribution in [1.29, 1.82) is 0 Å². The smallest absolute Gasteiger partial charge is 0.0713 e. The Bertz CT molecular complexity index is 3640. The number of benzene rings is 10. The molecule has 312 valence electrons. The molecule has 0 aliphatic heterocycles. The standard InChI is InChI=1S/C64H45NS/c1-63(2)57-31-12-9-26-51(57)54-36-35-49(41-60(54)63)65(47-24-15-20-43(38-47)42-18-5-3-6-19-42)48-25-16-21-44(39-48)50-29-17-30-55-56-40-46(34-37-61(56)66-62(50)55)64(45-22-7-4-8-23-45)58-32-13-10-27-52(58)53-28-11-14-33-59(53)64/h3-41H,1-2H3. The predicted octanol–water partition coefficient (Wildman–Crippen LogP) is 17.5. The molecule has 0 fully saturated rings. The fourth-order valence-electron chi connectivity index (χ4n) is 11.5. The minimum atomic E-state index is -0.445. The van der Waals surface area contributed by atoms with Crippen LogP contribution in [0.5, 0.6) is 0 Å². The van der Waals surface area contributed by atoms with Gasteiger partial charge < -0.3 is 4.90 Å². The van der Waals surface area contributed by atoms with Gasteiger partial charge in [0.15, 0.2) is 0 Å². The molecule has 1 heterocycles. The molecule has 66 heavy (non-hydrogen) atoms. The average Bonchev–Trinajstić information content (AvgIpc) is 3.98. The van der Waals surface area contributed by atoms with Gasteiger partial charge >= 0.3 is 0 Å². The summed E-state index contributed by atoms with van der Waals surface area (Å²) in [6.45, 7) is 4.73. The molecule has 11 aromatic rings. The number of nitrogens with zero attached hydrogens (tertiary/aromatic N) is 1. The molecular formula is C64H45NS. The van der Waals surface area contributed by atoms with Crippen LogP contribution < -0.4 is 4.90 Å². The molecule has 2 heteroatoms.